The van der Waals surface area contributed by atoms with E-state index in [1.807, 2.05) is 26.0 Å². The van der Waals surface area contributed by atoms with E-state index in [1.165, 1.54) is 25.7 Å². The molecule has 1 aliphatic rings. The molecule has 5 nitrogen and oxygen atoms in total. The lowest BCUT2D eigenvalue weighted by Crippen LogP contribution is -2.27. The van der Waals surface area contributed by atoms with E-state index in [1.54, 1.807) is 6.20 Å². The number of pyridine rings is 1. The minimum Gasteiger partial charge on any atom is -0.396 e. The van der Waals surface area contributed by atoms with Gasteiger partial charge in [0, 0.05) is 32.4 Å². The summed E-state index contributed by atoms with van der Waals surface area (Å²) in [6, 6.07) is 3.81. The van der Waals surface area contributed by atoms with Gasteiger partial charge in [-0.3, -0.25) is 4.79 Å². The minimum absolute atomic E-state index is 0.0771. The molecule has 0 radical (unpaired) electrons. The van der Waals surface area contributed by atoms with Crippen molar-refractivity contribution < 1.29 is 9.90 Å². The molecule has 1 fully saturated rings. The van der Waals surface area contributed by atoms with Crippen molar-refractivity contribution in [3.05, 3.63) is 23.9 Å². The zero-order chi connectivity index (χ0) is 17.4. The molecule has 0 atom stereocenters. The fourth-order valence-corrected chi connectivity index (χ4v) is 2.96. The maximum atomic E-state index is 12.2. The molecule has 2 heterocycles. The molecule has 0 aliphatic carbocycles. The fourth-order valence-electron chi connectivity index (χ4n) is 2.96. The van der Waals surface area contributed by atoms with Gasteiger partial charge in [0.2, 0.25) is 0 Å². The average molecular weight is 333 g/mol. The molecular formula is C19H31N3O2. The van der Waals surface area contributed by atoms with Crippen LogP contribution in [0.4, 0.5) is 5.82 Å². The molecule has 2 N–H and O–H groups in total. The maximum Gasteiger partial charge on any atom is 0.252 e. The molecule has 1 amide bonds. The van der Waals surface area contributed by atoms with Crippen molar-refractivity contribution in [2.24, 2.45) is 5.41 Å². The standard InChI is InChI=1S/C19H31N3O2/c1-19(2,15-23)10-7-11-20-18(24)16-8-9-17(21-14-16)22-12-5-3-4-6-13-22/h8-9,14,23H,3-7,10-13,15H2,1-2H3,(H,20,24). The van der Waals surface area contributed by atoms with E-state index in [-0.39, 0.29) is 17.9 Å². The summed E-state index contributed by atoms with van der Waals surface area (Å²) in [5, 5.41) is 12.2. The van der Waals surface area contributed by atoms with Gasteiger partial charge in [-0.05, 0) is 43.2 Å². The summed E-state index contributed by atoms with van der Waals surface area (Å²) >= 11 is 0. The van der Waals surface area contributed by atoms with Crippen LogP contribution in [0.25, 0.3) is 0 Å². The second-order valence-corrected chi connectivity index (χ2v) is 7.49. The zero-order valence-corrected chi connectivity index (χ0v) is 15.1. The van der Waals surface area contributed by atoms with Crippen LogP contribution in [0.15, 0.2) is 18.3 Å². The predicted molar refractivity (Wildman–Crippen MR) is 97.4 cm³/mol. The molecule has 0 spiro atoms. The second kappa shape index (κ2) is 9.02. The molecule has 2 rings (SSSR count). The van der Waals surface area contributed by atoms with Gasteiger partial charge in [-0.15, -0.1) is 0 Å². The predicted octanol–water partition coefficient (Wildman–Crippen LogP) is 2.99. The molecule has 134 valence electrons. The first kappa shape index (κ1) is 18.7. The van der Waals surface area contributed by atoms with Gasteiger partial charge in [-0.2, -0.15) is 0 Å². The molecule has 0 saturated carbocycles. The topological polar surface area (TPSA) is 65.5 Å². The van der Waals surface area contributed by atoms with Crippen LogP contribution in [0.2, 0.25) is 0 Å². The van der Waals surface area contributed by atoms with Crippen LogP contribution >= 0.6 is 0 Å². The Labute approximate surface area is 145 Å². The van der Waals surface area contributed by atoms with E-state index < -0.39 is 0 Å². The molecule has 0 unspecified atom stereocenters. The summed E-state index contributed by atoms with van der Waals surface area (Å²) in [7, 11) is 0. The number of nitrogens with zero attached hydrogens (tertiary/aromatic N) is 2. The van der Waals surface area contributed by atoms with Gasteiger partial charge >= 0.3 is 0 Å². The largest absolute Gasteiger partial charge is 0.396 e. The Kier molecular flexibility index (Phi) is 7.03. The van der Waals surface area contributed by atoms with E-state index in [4.69, 9.17) is 0 Å². The first-order valence-electron chi connectivity index (χ1n) is 9.12. The van der Waals surface area contributed by atoms with Crippen molar-refractivity contribution >= 4 is 11.7 Å². The number of hydrogen-bond acceptors (Lipinski definition) is 4. The number of aliphatic hydroxyl groups excluding tert-OH is 1. The van der Waals surface area contributed by atoms with Gasteiger partial charge in [0.25, 0.3) is 5.91 Å². The van der Waals surface area contributed by atoms with Gasteiger partial charge < -0.3 is 15.3 Å². The third-order valence-corrected chi connectivity index (χ3v) is 4.68. The molecule has 1 aliphatic heterocycles. The van der Waals surface area contributed by atoms with E-state index in [0.29, 0.717) is 12.1 Å². The SMILES string of the molecule is CC(C)(CO)CCCNC(=O)c1ccc(N2CCCCCC2)nc1. The maximum absolute atomic E-state index is 12.2. The molecular weight excluding hydrogens is 302 g/mol. The lowest BCUT2D eigenvalue weighted by atomic mass is 9.89. The normalized spacial score (nSPS) is 15.9. The molecule has 0 aromatic carbocycles. The summed E-state index contributed by atoms with van der Waals surface area (Å²) in [6.07, 6.45) is 8.44. The number of carbonyl (C=O) groups is 1. The second-order valence-electron chi connectivity index (χ2n) is 7.49. The molecule has 1 aromatic heterocycles. The summed E-state index contributed by atoms with van der Waals surface area (Å²) in [6.45, 7) is 6.96. The number of anilines is 1. The lowest BCUT2D eigenvalue weighted by Gasteiger charge is -2.21. The zero-order valence-electron chi connectivity index (χ0n) is 15.1. The van der Waals surface area contributed by atoms with Gasteiger partial charge in [0.05, 0.1) is 5.56 Å². The highest BCUT2D eigenvalue weighted by Gasteiger charge is 2.16. The Balaban J connectivity index is 1.80. The van der Waals surface area contributed by atoms with Crippen molar-refractivity contribution in [1.82, 2.24) is 10.3 Å². The minimum atomic E-state index is -0.0823. The van der Waals surface area contributed by atoms with E-state index in [2.05, 4.69) is 15.2 Å². The number of aliphatic hydroxyl groups is 1. The Morgan fingerprint density at radius 1 is 1.25 bits per heavy atom. The highest BCUT2D eigenvalue weighted by Crippen LogP contribution is 2.20. The fraction of sp³-hybridized carbons (Fsp3) is 0.684. The van der Waals surface area contributed by atoms with Crippen molar-refractivity contribution in [2.75, 3.05) is 31.1 Å². The summed E-state index contributed by atoms with van der Waals surface area (Å²) in [4.78, 5) is 19.0. The number of aromatic nitrogens is 1. The number of carbonyl (C=O) groups excluding carboxylic acids is 1. The summed E-state index contributed by atoms with van der Waals surface area (Å²) in [5.74, 6) is 0.893. The van der Waals surface area contributed by atoms with Crippen molar-refractivity contribution in [3.8, 4) is 0 Å². The van der Waals surface area contributed by atoms with Gasteiger partial charge in [-0.1, -0.05) is 26.7 Å². The van der Waals surface area contributed by atoms with Crippen LogP contribution in [0.5, 0.6) is 0 Å². The van der Waals surface area contributed by atoms with Crippen molar-refractivity contribution in [2.45, 2.75) is 52.4 Å². The monoisotopic (exact) mass is 333 g/mol. The molecule has 0 bridgehead atoms. The van der Waals surface area contributed by atoms with Crippen LogP contribution in [0.3, 0.4) is 0 Å². The smallest absolute Gasteiger partial charge is 0.252 e. The average Bonchev–Trinajstić information content (AvgIpc) is 2.88. The van der Waals surface area contributed by atoms with Gasteiger partial charge in [0.15, 0.2) is 0 Å². The first-order chi connectivity index (χ1) is 11.5. The van der Waals surface area contributed by atoms with Crippen molar-refractivity contribution in [1.29, 1.82) is 0 Å². The molecule has 1 saturated heterocycles. The van der Waals surface area contributed by atoms with E-state index in [0.717, 1.165) is 31.7 Å². The summed E-state index contributed by atoms with van der Waals surface area (Å²) < 4.78 is 0. The van der Waals surface area contributed by atoms with Crippen LogP contribution in [0, 0.1) is 5.41 Å². The lowest BCUT2D eigenvalue weighted by molar-refractivity contribution is 0.0948. The number of hydrogen-bond donors (Lipinski definition) is 2. The highest BCUT2D eigenvalue weighted by molar-refractivity contribution is 5.94. The van der Waals surface area contributed by atoms with Crippen LogP contribution in [0.1, 0.15) is 62.7 Å². The molecule has 24 heavy (non-hydrogen) atoms. The van der Waals surface area contributed by atoms with Gasteiger partial charge in [0.1, 0.15) is 5.82 Å². The first-order valence-corrected chi connectivity index (χ1v) is 9.12. The van der Waals surface area contributed by atoms with Crippen LogP contribution in [-0.2, 0) is 0 Å². The quantitative estimate of drug-likeness (QED) is 0.753. The third-order valence-electron chi connectivity index (χ3n) is 4.68. The Morgan fingerprint density at radius 2 is 1.96 bits per heavy atom. The molecule has 5 heteroatoms. The van der Waals surface area contributed by atoms with Gasteiger partial charge in [-0.25, -0.2) is 4.98 Å². The van der Waals surface area contributed by atoms with E-state index >= 15 is 0 Å². The Morgan fingerprint density at radius 3 is 2.54 bits per heavy atom. The Bertz CT molecular complexity index is 506. The highest BCUT2D eigenvalue weighted by atomic mass is 16.3. The van der Waals surface area contributed by atoms with Crippen molar-refractivity contribution in [3.63, 3.8) is 0 Å². The number of nitrogens with one attached hydrogen (secondary N) is 1. The molecule has 1 aromatic rings. The Hall–Kier alpha value is -1.62. The number of rotatable bonds is 7. The number of amides is 1. The van der Waals surface area contributed by atoms with Crippen LogP contribution < -0.4 is 10.2 Å². The van der Waals surface area contributed by atoms with Crippen LogP contribution in [-0.4, -0.2) is 42.2 Å². The van der Waals surface area contributed by atoms with E-state index in [9.17, 15) is 9.90 Å². The third kappa shape index (κ3) is 5.78. The summed E-state index contributed by atoms with van der Waals surface area (Å²) in [5.41, 5.74) is 0.524.